The number of hydrogen-bond donors (Lipinski definition) is 2. The van der Waals surface area contributed by atoms with Gasteiger partial charge in [0, 0.05) is 6.42 Å². The Morgan fingerprint density at radius 2 is 1.95 bits per heavy atom. The van der Waals surface area contributed by atoms with Gasteiger partial charge < -0.3 is 15.7 Å². The molecule has 4 nitrogen and oxygen atoms in total. The van der Waals surface area contributed by atoms with E-state index < -0.39 is 0 Å². The summed E-state index contributed by atoms with van der Waals surface area (Å²) >= 11 is 0. The summed E-state index contributed by atoms with van der Waals surface area (Å²) in [6, 6.07) is 11.9. The molecule has 0 heterocycles. The molecule has 5 heteroatoms. The Morgan fingerprint density at radius 3 is 2.62 bits per heavy atom. The number of amidine groups is 1. The number of aryl methyl sites for hydroxylation is 1. The highest BCUT2D eigenvalue weighted by Gasteiger charge is 2.03. The van der Waals surface area contributed by atoms with Crippen molar-refractivity contribution in [3.63, 3.8) is 0 Å². The smallest absolute Gasteiger partial charge is 0.143 e. The summed E-state index contributed by atoms with van der Waals surface area (Å²) in [5, 5.41) is 11.4. The van der Waals surface area contributed by atoms with E-state index in [2.05, 4.69) is 5.16 Å². The summed E-state index contributed by atoms with van der Waals surface area (Å²) in [4.78, 5) is 0. The van der Waals surface area contributed by atoms with E-state index in [-0.39, 0.29) is 11.7 Å². The van der Waals surface area contributed by atoms with E-state index in [1.165, 1.54) is 12.1 Å². The van der Waals surface area contributed by atoms with Gasteiger partial charge in [-0.25, -0.2) is 4.39 Å². The Hall–Kier alpha value is -2.56. The zero-order chi connectivity index (χ0) is 15.2. The number of nitrogens with zero attached hydrogens (tertiary/aromatic N) is 1. The fraction of sp³-hybridized carbons (Fsp3) is 0.188. The molecule has 2 aromatic rings. The van der Waals surface area contributed by atoms with Crippen molar-refractivity contribution >= 4 is 5.84 Å². The lowest BCUT2D eigenvalue weighted by Crippen LogP contribution is -2.14. The molecule has 0 bridgehead atoms. The second-order valence-electron chi connectivity index (χ2n) is 4.77. The fourth-order valence-electron chi connectivity index (χ4n) is 1.90. The third-order valence-electron chi connectivity index (χ3n) is 3.14. The first kappa shape index (κ1) is 14.8. The summed E-state index contributed by atoms with van der Waals surface area (Å²) in [5.41, 5.74) is 8.16. The highest BCUT2D eigenvalue weighted by Crippen LogP contribution is 2.17. The molecule has 0 spiro atoms. The summed E-state index contributed by atoms with van der Waals surface area (Å²) in [6.45, 7) is 2.22. The first-order valence-corrected chi connectivity index (χ1v) is 6.51. The Labute approximate surface area is 122 Å². The van der Waals surface area contributed by atoms with Crippen molar-refractivity contribution in [3.05, 3.63) is 65.0 Å². The fourth-order valence-corrected chi connectivity index (χ4v) is 1.90. The quantitative estimate of drug-likeness (QED) is 0.384. The van der Waals surface area contributed by atoms with Crippen molar-refractivity contribution in [1.29, 1.82) is 0 Å². The summed E-state index contributed by atoms with van der Waals surface area (Å²) in [6.07, 6.45) is 0.375. The maximum atomic E-state index is 13.2. The van der Waals surface area contributed by atoms with Gasteiger partial charge in [0.25, 0.3) is 0 Å². The van der Waals surface area contributed by atoms with E-state index in [1.807, 2.05) is 19.1 Å². The third kappa shape index (κ3) is 4.21. The van der Waals surface area contributed by atoms with Crippen molar-refractivity contribution in [3.8, 4) is 5.75 Å². The predicted octanol–water partition coefficient (Wildman–Crippen LogP) is 3.00. The van der Waals surface area contributed by atoms with Crippen LogP contribution < -0.4 is 10.5 Å². The minimum Gasteiger partial charge on any atom is -0.489 e. The van der Waals surface area contributed by atoms with Gasteiger partial charge >= 0.3 is 0 Å². The van der Waals surface area contributed by atoms with E-state index in [4.69, 9.17) is 15.7 Å². The highest BCUT2D eigenvalue weighted by atomic mass is 19.1. The van der Waals surface area contributed by atoms with Crippen molar-refractivity contribution in [2.75, 3.05) is 0 Å². The molecule has 0 aliphatic carbocycles. The molecule has 0 atom stereocenters. The van der Waals surface area contributed by atoms with Crippen LogP contribution in [0, 0.1) is 12.7 Å². The minimum atomic E-state index is -0.270. The van der Waals surface area contributed by atoms with Gasteiger partial charge in [0.15, 0.2) is 0 Å². The van der Waals surface area contributed by atoms with Gasteiger partial charge in [0.1, 0.15) is 24.0 Å². The number of hydrogen-bond acceptors (Lipinski definition) is 3. The first-order valence-electron chi connectivity index (χ1n) is 6.51. The molecule has 2 aromatic carbocycles. The molecule has 0 saturated heterocycles. The Morgan fingerprint density at radius 1 is 1.24 bits per heavy atom. The maximum absolute atomic E-state index is 13.2. The molecule has 0 aliphatic rings. The molecule has 0 amide bonds. The van der Waals surface area contributed by atoms with Gasteiger partial charge in [-0.1, -0.05) is 23.4 Å². The standard InChI is InChI=1S/C16H17FN2O2/c1-11-2-5-14(17)9-13(11)10-21-15-6-3-12(4-7-15)8-16(18)19-20/h2-7,9,20H,8,10H2,1H3,(H2,18,19). The van der Waals surface area contributed by atoms with E-state index in [0.717, 1.165) is 16.7 Å². The summed E-state index contributed by atoms with van der Waals surface area (Å²) in [5.74, 6) is 0.564. The van der Waals surface area contributed by atoms with Crippen LogP contribution in [0.4, 0.5) is 4.39 Å². The van der Waals surface area contributed by atoms with Crippen LogP contribution in [0.3, 0.4) is 0 Å². The molecule has 2 rings (SSSR count). The van der Waals surface area contributed by atoms with Gasteiger partial charge in [0.05, 0.1) is 0 Å². The normalized spacial score (nSPS) is 11.4. The van der Waals surface area contributed by atoms with Crippen molar-refractivity contribution in [2.24, 2.45) is 10.9 Å². The average Bonchev–Trinajstić information content (AvgIpc) is 2.49. The van der Waals surface area contributed by atoms with Crippen LogP contribution in [-0.4, -0.2) is 11.0 Å². The van der Waals surface area contributed by atoms with Crippen molar-refractivity contribution in [2.45, 2.75) is 20.0 Å². The minimum absolute atomic E-state index is 0.152. The molecule has 0 radical (unpaired) electrons. The van der Waals surface area contributed by atoms with Crippen LogP contribution in [0.15, 0.2) is 47.6 Å². The molecule has 0 saturated carbocycles. The zero-order valence-electron chi connectivity index (χ0n) is 11.7. The average molecular weight is 288 g/mol. The monoisotopic (exact) mass is 288 g/mol. The lowest BCUT2D eigenvalue weighted by Gasteiger charge is -2.09. The second kappa shape index (κ2) is 6.74. The topological polar surface area (TPSA) is 67.8 Å². The SMILES string of the molecule is Cc1ccc(F)cc1COc1ccc(C/C(N)=N/O)cc1. The Kier molecular flexibility index (Phi) is 4.77. The molecule has 21 heavy (non-hydrogen) atoms. The third-order valence-corrected chi connectivity index (χ3v) is 3.14. The molecule has 0 fully saturated rings. The van der Waals surface area contributed by atoms with Gasteiger partial charge in [0.2, 0.25) is 0 Å². The molecular formula is C16H17FN2O2. The second-order valence-corrected chi connectivity index (χ2v) is 4.77. The molecule has 110 valence electrons. The molecule has 0 unspecified atom stereocenters. The van der Waals surface area contributed by atoms with Crippen LogP contribution in [0.2, 0.25) is 0 Å². The lowest BCUT2D eigenvalue weighted by molar-refractivity contribution is 0.304. The van der Waals surface area contributed by atoms with E-state index >= 15 is 0 Å². The summed E-state index contributed by atoms with van der Waals surface area (Å²) < 4.78 is 18.8. The number of halogens is 1. The van der Waals surface area contributed by atoms with E-state index in [1.54, 1.807) is 18.2 Å². The number of nitrogens with two attached hydrogens (primary N) is 1. The number of oxime groups is 1. The van der Waals surface area contributed by atoms with Crippen molar-refractivity contribution in [1.82, 2.24) is 0 Å². The van der Waals surface area contributed by atoms with Gasteiger partial charge in [-0.15, -0.1) is 0 Å². The number of ether oxygens (including phenoxy) is 1. The van der Waals surface area contributed by atoms with Gasteiger partial charge in [-0.3, -0.25) is 0 Å². The van der Waals surface area contributed by atoms with Crippen LogP contribution in [-0.2, 0) is 13.0 Å². The van der Waals surface area contributed by atoms with E-state index in [9.17, 15) is 4.39 Å². The molecule has 0 aromatic heterocycles. The summed E-state index contributed by atoms with van der Waals surface area (Å²) in [7, 11) is 0. The molecule has 0 aliphatic heterocycles. The molecular weight excluding hydrogens is 271 g/mol. The number of rotatable bonds is 5. The van der Waals surface area contributed by atoms with Crippen LogP contribution in [0.5, 0.6) is 5.75 Å². The van der Waals surface area contributed by atoms with Crippen molar-refractivity contribution < 1.29 is 14.3 Å². The van der Waals surface area contributed by atoms with Gasteiger partial charge in [-0.2, -0.15) is 0 Å². The van der Waals surface area contributed by atoms with E-state index in [0.29, 0.717) is 18.8 Å². The predicted molar refractivity (Wildman–Crippen MR) is 79.0 cm³/mol. The zero-order valence-corrected chi connectivity index (χ0v) is 11.7. The molecule has 3 N–H and O–H groups in total. The number of benzene rings is 2. The first-order chi connectivity index (χ1) is 10.1. The highest BCUT2D eigenvalue weighted by molar-refractivity contribution is 5.82. The van der Waals surface area contributed by atoms with Crippen LogP contribution in [0.1, 0.15) is 16.7 Å². The van der Waals surface area contributed by atoms with Crippen LogP contribution in [0.25, 0.3) is 0 Å². The maximum Gasteiger partial charge on any atom is 0.143 e. The van der Waals surface area contributed by atoms with Crippen LogP contribution >= 0.6 is 0 Å². The largest absolute Gasteiger partial charge is 0.489 e. The lowest BCUT2D eigenvalue weighted by atomic mass is 10.1. The van der Waals surface area contributed by atoms with Gasteiger partial charge in [-0.05, 0) is 47.9 Å². The Balaban J connectivity index is 1.99. The Bertz CT molecular complexity index is 639.